The molecule has 0 saturated heterocycles. The van der Waals surface area contributed by atoms with Crippen LogP contribution in [0.3, 0.4) is 0 Å². The van der Waals surface area contributed by atoms with Crippen molar-refractivity contribution < 1.29 is 9.53 Å². The normalized spacial score (nSPS) is 17.9. The molecule has 0 aliphatic heterocycles. The Morgan fingerprint density at radius 3 is 2.59 bits per heavy atom. The van der Waals surface area contributed by atoms with Crippen molar-refractivity contribution in [1.29, 1.82) is 0 Å². The number of rotatable bonds is 6. The van der Waals surface area contributed by atoms with Gasteiger partial charge in [-0.15, -0.1) is 11.3 Å². The molecule has 2 rings (SSSR count). The van der Waals surface area contributed by atoms with Crippen LogP contribution >= 0.6 is 11.3 Å². The number of amides is 1. The molecule has 0 radical (unpaired) electrons. The van der Waals surface area contributed by atoms with Gasteiger partial charge in [0.15, 0.2) is 0 Å². The molecule has 0 spiro atoms. The second-order valence-electron chi connectivity index (χ2n) is 7.17. The van der Waals surface area contributed by atoms with Crippen LogP contribution in [0.4, 0.5) is 4.79 Å². The third kappa shape index (κ3) is 5.61. The molecule has 2 unspecified atom stereocenters. The summed E-state index contributed by atoms with van der Waals surface area (Å²) in [4.78, 5) is 14.6. The van der Waals surface area contributed by atoms with Crippen LogP contribution in [-0.2, 0) is 4.74 Å². The molecule has 4 nitrogen and oxygen atoms in total. The number of hydrogen-bond acceptors (Lipinski definition) is 4. The molecule has 5 heteroatoms. The predicted octanol–water partition coefficient (Wildman–Crippen LogP) is 4.01. The molecular formula is C17H28N2O2S. The summed E-state index contributed by atoms with van der Waals surface area (Å²) in [6.07, 6.45) is 2.06. The quantitative estimate of drug-likeness (QED) is 0.831. The zero-order chi connectivity index (χ0) is 16.3. The number of hydrogen-bond donors (Lipinski definition) is 2. The lowest BCUT2D eigenvalue weighted by Gasteiger charge is -2.25. The van der Waals surface area contributed by atoms with Gasteiger partial charge in [0.1, 0.15) is 5.60 Å². The Hall–Kier alpha value is -1.07. The highest BCUT2D eigenvalue weighted by Gasteiger charge is 2.33. The van der Waals surface area contributed by atoms with Crippen molar-refractivity contribution in [3.8, 4) is 0 Å². The van der Waals surface area contributed by atoms with Crippen molar-refractivity contribution in [2.24, 2.45) is 5.92 Å². The first-order chi connectivity index (χ1) is 10.2. The maximum atomic E-state index is 12.0. The number of ether oxygens (including phenoxy) is 1. The van der Waals surface area contributed by atoms with Crippen molar-refractivity contribution in [3.05, 3.63) is 21.9 Å². The van der Waals surface area contributed by atoms with Gasteiger partial charge >= 0.3 is 6.09 Å². The number of carbonyl (C=O) groups excluding carboxylic acids is 1. The SMILES string of the molecule is Cc1ccc(C(C)NCC(NC(=O)OC(C)(C)C)C2CC2)s1. The average molecular weight is 324 g/mol. The minimum Gasteiger partial charge on any atom is -0.444 e. The molecule has 0 aromatic carbocycles. The van der Waals surface area contributed by atoms with E-state index in [1.165, 1.54) is 22.6 Å². The van der Waals surface area contributed by atoms with Gasteiger partial charge in [-0.25, -0.2) is 4.79 Å². The van der Waals surface area contributed by atoms with Gasteiger partial charge in [-0.1, -0.05) is 0 Å². The standard InChI is InChI=1S/C17H28N2O2S/c1-11-6-9-15(22-11)12(2)18-10-14(13-7-8-13)19-16(20)21-17(3,4)5/h6,9,12-14,18H,7-8,10H2,1-5H3,(H,19,20). The zero-order valence-electron chi connectivity index (χ0n) is 14.2. The Bertz CT molecular complexity index is 503. The van der Waals surface area contributed by atoms with Gasteiger partial charge in [0.05, 0.1) is 0 Å². The average Bonchev–Trinajstić information content (AvgIpc) is 3.14. The fraction of sp³-hybridized carbons (Fsp3) is 0.706. The van der Waals surface area contributed by atoms with E-state index in [-0.39, 0.29) is 12.1 Å². The molecule has 22 heavy (non-hydrogen) atoms. The molecule has 1 heterocycles. The van der Waals surface area contributed by atoms with E-state index in [0.717, 1.165) is 6.54 Å². The smallest absolute Gasteiger partial charge is 0.407 e. The second kappa shape index (κ2) is 7.01. The van der Waals surface area contributed by atoms with E-state index in [0.29, 0.717) is 12.0 Å². The molecule has 124 valence electrons. The topological polar surface area (TPSA) is 50.4 Å². The lowest BCUT2D eigenvalue weighted by atomic mass is 10.1. The van der Waals surface area contributed by atoms with E-state index in [1.54, 1.807) is 0 Å². The van der Waals surface area contributed by atoms with E-state index in [1.807, 2.05) is 32.1 Å². The van der Waals surface area contributed by atoms with Gasteiger partial charge in [-0.05, 0) is 65.5 Å². The second-order valence-corrected chi connectivity index (χ2v) is 8.49. The van der Waals surface area contributed by atoms with Gasteiger partial charge in [0.2, 0.25) is 0 Å². The summed E-state index contributed by atoms with van der Waals surface area (Å²) in [6.45, 7) is 10.7. The largest absolute Gasteiger partial charge is 0.444 e. The van der Waals surface area contributed by atoms with E-state index in [4.69, 9.17) is 4.74 Å². The maximum Gasteiger partial charge on any atom is 0.407 e. The fourth-order valence-electron chi connectivity index (χ4n) is 2.38. The summed E-state index contributed by atoms with van der Waals surface area (Å²) in [5.74, 6) is 0.581. The van der Waals surface area contributed by atoms with Gasteiger partial charge in [0.25, 0.3) is 0 Å². The molecule has 1 aromatic heterocycles. The van der Waals surface area contributed by atoms with E-state index in [9.17, 15) is 4.79 Å². The first kappa shape index (κ1) is 17.3. The number of alkyl carbamates (subject to hydrolysis) is 1. The first-order valence-electron chi connectivity index (χ1n) is 8.04. The molecule has 1 aliphatic rings. The van der Waals surface area contributed by atoms with Crippen molar-refractivity contribution in [3.63, 3.8) is 0 Å². The highest BCUT2D eigenvalue weighted by Crippen LogP contribution is 2.33. The monoisotopic (exact) mass is 324 g/mol. The van der Waals surface area contributed by atoms with Crippen LogP contribution in [0.1, 0.15) is 56.3 Å². The van der Waals surface area contributed by atoms with Gasteiger partial charge in [0, 0.05) is 28.4 Å². The van der Waals surface area contributed by atoms with Crippen molar-refractivity contribution in [1.82, 2.24) is 10.6 Å². The Labute approximate surface area is 137 Å². The molecule has 1 aromatic rings. The van der Waals surface area contributed by atoms with Crippen molar-refractivity contribution in [2.75, 3.05) is 6.54 Å². The molecule has 1 saturated carbocycles. The molecule has 0 bridgehead atoms. The number of carbonyl (C=O) groups is 1. The number of aryl methyl sites for hydroxylation is 1. The van der Waals surface area contributed by atoms with E-state index in [2.05, 4.69) is 36.6 Å². The summed E-state index contributed by atoms with van der Waals surface area (Å²) in [5.41, 5.74) is -0.451. The minimum absolute atomic E-state index is 0.151. The Morgan fingerprint density at radius 2 is 2.09 bits per heavy atom. The van der Waals surface area contributed by atoms with Crippen LogP contribution in [0, 0.1) is 12.8 Å². The van der Waals surface area contributed by atoms with Crippen LogP contribution in [0.5, 0.6) is 0 Å². The Morgan fingerprint density at radius 1 is 1.41 bits per heavy atom. The molecule has 1 aliphatic carbocycles. The summed E-state index contributed by atoms with van der Waals surface area (Å²) in [6, 6.07) is 4.78. The van der Waals surface area contributed by atoms with Crippen LogP contribution in [0.2, 0.25) is 0 Å². The summed E-state index contributed by atoms with van der Waals surface area (Å²) in [5, 5.41) is 6.57. The molecule has 1 amide bonds. The van der Waals surface area contributed by atoms with Gasteiger partial charge in [-0.3, -0.25) is 0 Å². The Balaban J connectivity index is 1.83. The number of thiophene rings is 1. The highest BCUT2D eigenvalue weighted by molar-refractivity contribution is 7.12. The zero-order valence-corrected chi connectivity index (χ0v) is 15.0. The van der Waals surface area contributed by atoms with Gasteiger partial charge in [-0.2, -0.15) is 0 Å². The highest BCUT2D eigenvalue weighted by atomic mass is 32.1. The first-order valence-corrected chi connectivity index (χ1v) is 8.85. The summed E-state index contributed by atoms with van der Waals surface area (Å²) < 4.78 is 5.37. The fourth-order valence-corrected chi connectivity index (χ4v) is 3.29. The van der Waals surface area contributed by atoms with Gasteiger partial charge < -0.3 is 15.4 Å². The summed E-state index contributed by atoms with van der Waals surface area (Å²) >= 11 is 1.82. The Kier molecular flexibility index (Phi) is 5.50. The van der Waals surface area contributed by atoms with E-state index >= 15 is 0 Å². The van der Waals surface area contributed by atoms with Crippen molar-refractivity contribution in [2.45, 2.75) is 65.1 Å². The predicted molar refractivity (Wildman–Crippen MR) is 91.4 cm³/mol. The van der Waals surface area contributed by atoms with Crippen molar-refractivity contribution >= 4 is 17.4 Å². The van der Waals surface area contributed by atoms with Crippen LogP contribution in [0.25, 0.3) is 0 Å². The summed E-state index contributed by atoms with van der Waals surface area (Å²) in [7, 11) is 0. The third-order valence-corrected chi connectivity index (χ3v) is 4.91. The molecule has 2 N–H and O–H groups in total. The third-order valence-electron chi connectivity index (χ3n) is 3.73. The molecule has 2 atom stereocenters. The molecular weight excluding hydrogens is 296 g/mol. The van der Waals surface area contributed by atoms with Crippen LogP contribution in [-0.4, -0.2) is 24.3 Å². The van der Waals surface area contributed by atoms with E-state index < -0.39 is 5.60 Å². The maximum absolute atomic E-state index is 12.0. The van der Waals surface area contributed by atoms with Crippen LogP contribution in [0.15, 0.2) is 12.1 Å². The number of nitrogens with one attached hydrogen (secondary N) is 2. The molecule has 1 fully saturated rings. The van der Waals surface area contributed by atoms with Crippen LogP contribution < -0.4 is 10.6 Å². The lowest BCUT2D eigenvalue weighted by molar-refractivity contribution is 0.0497. The minimum atomic E-state index is -0.451. The lowest BCUT2D eigenvalue weighted by Crippen LogP contribution is -2.45.